The number of amidine groups is 2. The van der Waals surface area contributed by atoms with Crippen LogP contribution in [0.3, 0.4) is 0 Å². The van der Waals surface area contributed by atoms with Gasteiger partial charge in [0.15, 0.2) is 5.84 Å². The third kappa shape index (κ3) is 5.41. The van der Waals surface area contributed by atoms with E-state index in [2.05, 4.69) is 187 Å². The van der Waals surface area contributed by atoms with Crippen LogP contribution in [0.1, 0.15) is 22.9 Å². The topological polar surface area (TPSA) is 36.8 Å². The van der Waals surface area contributed by atoms with E-state index < -0.39 is 0 Å². The molecule has 0 aliphatic carbocycles. The third-order valence-electron chi connectivity index (χ3n) is 10.9. The van der Waals surface area contributed by atoms with E-state index in [1.165, 1.54) is 69.2 Å². The molecule has 0 bridgehead atoms. The number of hydrogen-bond donors (Lipinski definition) is 1. The predicted octanol–water partition coefficient (Wildman–Crippen LogP) is 13.3. The van der Waals surface area contributed by atoms with Gasteiger partial charge in [-0.25, -0.2) is 9.98 Å². The van der Waals surface area contributed by atoms with Crippen molar-refractivity contribution >= 4 is 75.5 Å². The smallest absolute Gasteiger partial charge is 0.160 e. The molecule has 0 fully saturated rings. The molecule has 0 saturated carbocycles. The summed E-state index contributed by atoms with van der Waals surface area (Å²) in [5.74, 6) is 1.54. The molecule has 9 aromatic carbocycles. The Bertz CT molecular complexity index is 3140. The molecule has 0 amide bonds. The molecule has 0 saturated heterocycles. The lowest BCUT2D eigenvalue weighted by molar-refractivity contribution is 0.674. The zero-order valence-electron chi connectivity index (χ0n) is 29.8. The highest BCUT2D eigenvalue weighted by molar-refractivity contribution is 7.25. The van der Waals surface area contributed by atoms with E-state index in [9.17, 15) is 0 Å². The summed E-state index contributed by atoms with van der Waals surface area (Å²) in [6.45, 7) is 0. The lowest BCUT2D eigenvalue weighted by Crippen LogP contribution is -2.33. The number of nitrogens with one attached hydrogen (secondary N) is 1. The van der Waals surface area contributed by atoms with E-state index >= 15 is 0 Å². The predicted molar refractivity (Wildman–Crippen MR) is 235 cm³/mol. The van der Waals surface area contributed by atoms with Crippen LogP contribution in [-0.2, 0) is 0 Å². The molecule has 0 spiro atoms. The van der Waals surface area contributed by atoms with Gasteiger partial charge in [-0.2, -0.15) is 0 Å². The first-order chi connectivity index (χ1) is 27.2. The quantitative estimate of drug-likeness (QED) is 0.177. The zero-order chi connectivity index (χ0) is 36.3. The fourth-order valence-corrected chi connectivity index (χ4v) is 9.39. The Balaban J connectivity index is 1.08. The fourth-order valence-electron chi connectivity index (χ4n) is 8.28. The van der Waals surface area contributed by atoms with Crippen LogP contribution in [0, 0.1) is 0 Å². The van der Waals surface area contributed by atoms with Crippen LogP contribution in [0.15, 0.2) is 198 Å². The van der Waals surface area contributed by atoms with E-state index in [0.29, 0.717) is 0 Å². The molecule has 2 heterocycles. The molecule has 258 valence electrons. The van der Waals surface area contributed by atoms with Gasteiger partial charge in [-0.3, -0.25) is 0 Å². The molecular weight excluding hydrogens is 687 g/mol. The first-order valence-corrected chi connectivity index (χ1v) is 19.5. The molecule has 1 atom stereocenters. The SMILES string of the molecule is c1ccc(C2=NC(c3cccc4sc5ccc(-c6ccc7c8ccccc8c8ccccc8c7c6)cc5c34)=NC(c3cccc(-c4ccccc4)c3)N2)cc1. The highest BCUT2D eigenvalue weighted by atomic mass is 32.1. The van der Waals surface area contributed by atoms with Gasteiger partial charge in [0.2, 0.25) is 0 Å². The Labute approximate surface area is 322 Å². The Morgan fingerprint density at radius 1 is 0.400 bits per heavy atom. The Morgan fingerprint density at radius 2 is 0.964 bits per heavy atom. The van der Waals surface area contributed by atoms with Gasteiger partial charge in [0.25, 0.3) is 0 Å². The summed E-state index contributed by atoms with van der Waals surface area (Å²) < 4.78 is 2.47. The van der Waals surface area contributed by atoms with Crippen LogP contribution in [0.4, 0.5) is 0 Å². The zero-order valence-corrected chi connectivity index (χ0v) is 30.6. The molecule has 1 aliphatic heterocycles. The van der Waals surface area contributed by atoms with Crippen molar-refractivity contribution in [2.45, 2.75) is 6.17 Å². The molecule has 11 rings (SSSR count). The Kier molecular flexibility index (Phi) is 7.42. The minimum absolute atomic E-state index is 0.314. The molecule has 1 aliphatic rings. The minimum atomic E-state index is -0.314. The summed E-state index contributed by atoms with van der Waals surface area (Å²) in [6.07, 6.45) is -0.314. The van der Waals surface area contributed by atoms with Crippen molar-refractivity contribution < 1.29 is 0 Å². The maximum Gasteiger partial charge on any atom is 0.160 e. The Hall–Kier alpha value is -6.88. The summed E-state index contributed by atoms with van der Waals surface area (Å²) in [6, 6.07) is 67.5. The minimum Gasteiger partial charge on any atom is -0.344 e. The van der Waals surface area contributed by atoms with Crippen molar-refractivity contribution in [3.8, 4) is 22.3 Å². The summed E-state index contributed by atoms with van der Waals surface area (Å²) >= 11 is 1.82. The van der Waals surface area contributed by atoms with Crippen LogP contribution in [0.25, 0.3) is 74.7 Å². The molecule has 10 aromatic rings. The maximum absolute atomic E-state index is 5.36. The normalized spacial score (nSPS) is 14.4. The van der Waals surface area contributed by atoms with Gasteiger partial charge >= 0.3 is 0 Å². The first-order valence-electron chi connectivity index (χ1n) is 18.7. The number of thiophene rings is 1. The molecule has 1 unspecified atom stereocenters. The van der Waals surface area contributed by atoms with E-state index in [0.717, 1.165) is 33.9 Å². The van der Waals surface area contributed by atoms with E-state index in [-0.39, 0.29) is 6.17 Å². The van der Waals surface area contributed by atoms with Crippen molar-refractivity contribution in [3.63, 3.8) is 0 Å². The van der Waals surface area contributed by atoms with Gasteiger partial charge in [0, 0.05) is 31.3 Å². The molecule has 4 heteroatoms. The van der Waals surface area contributed by atoms with Gasteiger partial charge in [-0.1, -0.05) is 158 Å². The van der Waals surface area contributed by atoms with Crippen LogP contribution in [0.2, 0.25) is 0 Å². The molecular formula is C51H33N3S. The van der Waals surface area contributed by atoms with Crippen LogP contribution in [0.5, 0.6) is 0 Å². The number of benzene rings is 9. The number of nitrogens with zero attached hydrogens (tertiary/aromatic N) is 2. The monoisotopic (exact) mass is 719 g/mol. The van der Waals surface area contributed by atoms with E-state index in [1.807, 2.05) is 17.4 Å². The van der Waals surface area contributed by atoms with Gasteiger partial charge in [-0.15, -0.1) is 11.3 Å². The fraction of sp³-hybridized carbons (Fsp3) is 0.0196. The summed E-state index contributed by atoms with van der Waals surface area (Å²) in [7, 11) is 0. The van der Waals surface area contributed by atoms with Gasteiger partial charge in [0.1, 0.15) is 12.0 Å². The van der Waals surface area contributed by atoms with Crippen molar-refractivity contribution in [1.82, 2.24) is 5.32 Å². The largest absolute Gasteiger partial charge is 0.344 e. The van der Waals surface area contributed by atoms with Crippen LogP contribution in [-0.4, -0.2) is 11.7 Å². The second-order valence-corrected chi connectivity index (χ2v) is 15.2. The summed E-state index contributed by atoms with van der Waals surface area (Å²) in [5, 5.41) is 13.8. The molecule has 1 aromatic heterocycles. The van der Waals surface area contributed by atoms with Crippen molar-refractivity contribution in [2.75, 3.05) is 0 Å². The summed E-state index contributed by atoms with van der Waals surface area (Å²) in [4.78, 5) is 10.6. The maximum atomic E-state index is 5.36. The number of fused-ring (bicyclic) bond motifs is 9. The van der Waals surface area contributed by atoms with E-state index in [1.54, 1.807) is 0 Å². The first kappa shape index (κ1) is 31.6. The van der Waals surface area contributed by atoms with Crippen LogP contribution >= 0.6 is 11.3 Å². The summed E-state index contributed by atoms with van der Waals surface area (Å²) in [5.41, 5.74) is 7.89. The number of hydrogen-bond acceptors (Lipinski definition) is 4. The second kappa shape index (κ2) is 12.9. The van der Waals surface area contributed by atoms with Crippen molar-refractivity contribution in [1.29, 1.82) is 0 Å². The standard InChI is InChI=1S/C51H33N3S/c1-3-13-32(14-4-1)34-17-11-18-37(29-34)50-52-49(33-15-5-2-6-16-33)53-51(54-50)43-23-12-24-47-48(43)45-31-36(26-28-46(45)55-47)35-25-27-42-40-21-8-7-19-38(40)39-20-9-10-22-41(39)44(42)30-35/h1-31,50H,(H,52,53,54). The van der Waals surface area contributed by atoms with Gasteiger partial charge in [0.05, 0.1) is 0 Å². The third-order valence-corrected chi connectivity index (χ3v) is 12.0. The van der Waals surface area contributed by atoms with Crippen molar-refractivity contribution in [2.24, 2.45) is 9.98 Å². The molecule has 1 N–H and O–H groups in total. The van der Waals surface area contributed by atoms with E-state index in [4.69, 9.17) is 9.98 Å². The van der Waals surface area contributed by atoms with Crippen molar-refractivity contribution in [3.05, 3.63) is 205 Å². The average molecular weight is 720 g/mol. The molecule has 55 heavy (non-hydrogen) atoms. The number of aliphatic imine (C=N–C) groups is 2. The highest BCUT2D eigenvalue weighted by Gasteiger charge is 2.24. The van der Waals surface area contributed by atoms with Gasteiger partial charge in [-0.05, 0) is 90.5 Å². The number of rotatable bonds is 5. The second-order valence-electron chi connectivity index (χ2n) is 14.2. The lowest BCUT2D eigenvalue weighted by Gasteiger charge is -2.24. The average Bonchev–Trinajstić information content (AvgIpc) is 3.65. The van der Waals surface area contributed by atoms with Crippen LogP contribution < -0.4 is 5.32 Å². The molecule has 0 radical (unpaired) electrons. The lowest BCUT2D eigenvalue weighted by atomic mass is 9.92. The Morgan fingerprint density at radius 3 is 1.69 bits per heavy atom. The molecule has 3 nitrogen and oxygen atoms in total. The van der Waals surface area contributed by atoms with Gasteiger partial charge < -0.3 is 5.32 Å². The highest BCUT2D eigenvalue weighted by Crippen LogP contribution is 2.41.